The molecule has 2 nitrogen and oxygen atoms in total. The highest BCUT2D eigenvalue weighted by Gasteiger charge is 2.33. The summed E-state index contributed by atoms with van der Waals surface area (Å²) < 4.78 is 5.44. The molecule has 0 aromatic heterocycles. The average Bonchev–Trinajstić information content (AvgIpc) is 2.63. The Morgan fingerprint density at radius 2 is 1.83 bits per heavy atom. The van der Waals surface area contributed by atoms with Crippen LogP contribution in [0.2, 0.25) is 0 Å². The zero-order valence-corrected chi connectivity index (χ0v) is 11.1. The lowest BCUT2D eigenvalue weighted by atomic mass is 9.88. The van der Waals surface area contributed by atoms with Crippen LogP contribution in [0, 0.1) is 20.8 Å². The van der Waals surface area contributed by atoms with Gasteiger partial charge in [0.2, 0.25) is 0 Å². The number of hydrogen-bond acceptors (Lipinski definition) is 2. The SMILES string of the molecule is Cc1c2c(c3cccc(C)c3c1C)C(C)C(=O)O2. The van der Waals surface area contributed by atoms with Gasteiger partial charge in [0.1, 0.15) is 5.75 Å². The third kappa shape index (κ3) is 1.26. The van der Waals surface area contributed by atoms with Gasteiger partial charge in [0.25, 0.3) is 0 Å². The number of ether oxygens (including phenoxy) is 1. The van der Waals surface area contributed by atoms with Crippen LogP contribution < -0.4 is 4.74 Å². The summed E-state index contributed by atoms with van der Waals surface area (Å²) in [4.78, 5) is 11.8. The standard InChI is InChI=1S/C16H16O2/c1-8-6-5-7-12-13(8)9(2)10(3)15-14(12)11(4)16(17)18-15/h5-7,11H,1-4H3. The van der Waals surface area contributed by atoms with E-state index in [1.54, 1.807) is 0 Å². The predicted molar refractivity (Wildman–Crippen MR) is 72.2 cm³/mol. The van der Waals surface area contributed by atoms with Gasteiger partial charge < -0.3 is 4.74 Å². The molecule has 0 bridgehead atoms. The van der Waals surface area contributed by atoms with Gasteiger partial charge in [0.15, 0.2) is 0 Å². The molecule has 1 atom stereocenters. The summed E-state index contributed by atoms with van der Waals surface area (Å²) in [5, 5.41) is 2.42. The molecule has 0 spiro atoms. The smallest absolute Gasteiger partial charge is 0.318 e. The molecule has 0 aliphatic carbocycles. The number of fused-ring (bicyclic) bond motifs is 3. The molecule has 0 radical (unpaired) electrons. The summed E-state index contributed by atoms with van der Waals surface area (Å²) in [5.41, 5.74) is 4.61. The monoisotopic (exact) mass is 240 g/mol. The van der Waals surface area contributed by atoms with Crippen molar-refractivity contribution in [1.29, 1.82) is 0 Å². The fraction of sp³-hybridized carbons (Fsp3) is 0.312. The van der Waals surface area contributed by atoms with E-state index < -0.39 is 0 Å². The second-order valence-electron chi connectivity index (χ2n) is 5.13. The first-order valence-corrected chi connectivity index (χ1v) is 6.26. The second kappa shape index (κ2) is 3.58. The second-order valence-corrected chi connectivity index (χ2v) is 5.13. The lowest BCUT2D eigenvalue weighted by Gasteiger charge is -2.14. The topological polar surface area (TPSA) is 26.3 Å². The van der Waals surface area contributed by atoms with E-state index in [1.807, 2.05) is 19.9 Å². The van der Waals surface area contributed by atoms with Gasteiger partial charge in [-0.15, -0.1) is 0 Å². The fourth-order valence-electron chi connectivity index (χ4n) is 2.94. The van der Waals surface area contributed by atoms with Gasteiger partial charge in [-0.25, -0.2) is 0 Å². The first-order valence-electron chi connectivity index (χ1n) is 6.26. The molecule has 1 aliphatic heterocycles. The number of carbonyl (C=O) groups excluding carboxylic acids is 1. The Hall–Kier alpha value is -1.83. The van der Waals surface area contributed by atoms with Crippen molar-refractivity contribution in [2.75, 3.05) is 0 Å². The minimum absolute atomic E-state index is 0.137. The summed E-state index contributed by atoms with van der Waals surface area (Å²) >= 11 is 0. The van der Waals surface area contributed by atoms with E-state index in [9.17, 15) is 4.79 Å². The molecule has 0 fully saturated rings. The Bertz CT molecular complexity index is 683. The summed E-state index contributed by atoms with van der Waals surface area (Å²) in [6.07, 6.45) is 0. The third-order valence-electron chi connectivity index (χ3n) is 4.07. The minimum atomic E-state index is -0.163. The van der Waals surface area contributed by atoms with E-state index in [0.29, 0.717) is 0 Å². The lowest BCUT2D eigenvalue weighted by molar-refractivity contribution is -0.133. The van der Waals surface area contributed by atoms with Gasteiger partial charge in [-0.3, -0.25) is 4.79 Å². The molecule has 1 heterocycles. The van der Waals surface area contributed by atoms with Gasteiger partial charge in [-0.2, -0.15) is 0 Å². The van der Waals surface area contributed by atoms with Crippen LogP contribution in [0.25, 0.3) is 10.8 Å². The van der Waals surface area contributed by atoms with Gasteiger partial charge in [-0.05, 0) is 55.2 Å². The van der Waals surface area contributed by atoms with Crippen LogP contribution in [0.15, 0.2) is 18.2 Å². The van der Waals surface area contributed by atoms with Crippen LogP contribution in [0.1, 0.15) is 35.1 Å². The predicted octanol–water partition coefficient (Wildman–Crippen LogP) is 3.79. The van der Waals surface area contributed by atoms with Gasteiger partial charge in [0.05, 0.1) is 5.92 Å². The molecule has 1 unspecified atom stereocenters. The largest absolute Gasteiger partial charge is 0.425 e. The summed E-state index contributed by atoms with van der Waals surface area (Å²) in [7, 11) is 0. The van der Waals surface area contributed by atoms with Gasteiger partial charge >= 0.3 is 5.97 Å². The van der Waals surface area contributed by atoms with Crippen molar-refractivity contribution < 1.29 is 9.53 Å². The molecular formula is C16H16O2. The average molecular weight is 240 g/mol. The first kappa shape index (κ1) is 11.3. The van der Waals surface area contributed by atoms with Crippen molar-refractivity contribution >= 4 is 16.7 Å². The number of carbonyl (C=O) groups is 1. The zero-order chi connectivity index (χ0) is 13.0. The Morgan fingerprint density at radius 3 is 2.56 bits per heavy atom. The maximum Gasteiger partial charge on any atom is 0.318 e. The Balaban J connectivity index is 2.54. The molecule has 2 aromatic rings. The minimum Gasteiger partial charge on any atom is -0.425 e. The van der Waals surface area contributed by atoms with Crippen LogP contribution in [0.5, 0.6) is 5.75 Å². The molecule has 92 valence electrons. The van der Waals surface area contributed by atoms with E-state index >= 15 is 0 Å². The molecule has 0 amide bonds. The van der Waals surface area contributed by atoms with Crippen LogP contribution in [0.3, 0.4) is 0 Å². The van der Waals surface area contributed by atoms with E-state index in [4.69, 9.17) is 4.74 Å². The molecule has 2 aromatic carbocycles. The van der Waals surface area contributed by atoms with Crippen molar-refractivity contribution in [3.8, 4) is 5.75 Å². The van der Waals surface area contributed by atoms with Gasteiger partial charge in [0, 0.05) is 5.56 Å². The van der Waals surface area contributed by atoms with E-state index in [2.05, 4.69) is 26.0 Å². The van der Waals surface area contributed by atoms with Crippen LogP contribution >= 0.6 is 0 Å². The van der Waals surface area contributed by atoms with Crippen molar-refractivity contribution in [2.45, 2.75) is 33.6 Å². The first-order chi connectivity index (χ1) is 8.52. The number of rotatable bonds is 0. The summed E-state index contributed by atoms with van der Waals surface area (Å²) in [5.74, 6) is 0.480. The number of aryl methyl sites for hydroxylation is 2. The third-order valence-corrected chi connectivity index (χ3v) is 4.07. The van der Waals surface area contributed by atoms with Crippen LogP contribution in [-0.4, -0.2) is 5.97 Å². The Labute approximate surface area is 107 Å². The zero-order valence-electron chi connectivity index (χ0n) is 11.1. The summed E-state index contributed by atoms with van der Waals surface area (Å²) in [6.45, 7) is 8.17. The lowest BCUT2D eigenvalue weighted by Crippen LogP contribution is -2.06. The summed E-state index contributed by atoms with van der Waals surface area (Å²) in [6, 6.07) is 6.25. The molecule has 0 saturated heterocycles. The van der Waals surface area contributed by atoms with Crippen molar-refractivity contribution in [2.24, 2.45) is 0 Å². The maximum atomic E-state index is 11.8. The highest BCUT2D eigenvalue weighted by Crippen LogP contribution is 2.44. The molecule has 0 N–H and O–H groups in total. The molecule has 18 heavy (non-hydrogen) atoms. The highest BCUT2D eigenvalue weighted by atomic mass is 16.5. The van der Waals surface area contributed by atoms with E-state index in [-0.39, 0.29) is 11.9 Å². The maximum absolute atomic E-state index is 11.8. The van der Waals surface area contributed by atoms with E-state index in [0.717, 1.165) is 22.3 Å². The quantitative estimate of drug-likeness (QED) is 0.517. The molecule has 3 rings (SSSR count). The number of esters is 1. The van der Waals surface area contributed by atoms with Crippen molar-refractivity contribution in [1.82, 2.24) is 0 Å². The number of benzene rings is 2. The number of hydrogen-bond donors (Lipinski definition) is 0. The Kier molecular flexibility index (Phi) is 2.24. The fourth-order valence-corrected chi connectivity index (χ4v) is 2.94. The van der Waals surface area contributed by atoms with Crippen molar-refractivity contribution in [3.63, 3.8) is 0 Å². The van der Waals surface area contributed by atoms with Crippen LogP contribution in [0.4, 0.5) is 0 Å². The highest BCUT2D eigenvalue weighted by molar-refractivity contribution is 6.01. The normalized spacial score (nSPS) is 18.0. The van der Waals surface area contributed by atoms with Crippen LogP contribution in [-0.2, 0) is 4.79 Å². The van der Waals surface area contributed by atoms with Gasteiger partial charge in [-0.1, -0.05) is 18.2 Å². The van der Waals surface area contributed by atoms with E-state index in [1.165, 1.54) is 16.5 Å². The molecular weight excluding hydrogens is 224 g/mol. The molecule has 2 heteroatoms. The molecule has 1 aliphatic rings. The molecule has 0 saturated carbocycles. The Morgan fingerprint density at radius 1 is 1.11 bits per heavy atom. The van der Waals surface area contributed by atoms with Crippen molar-refractivity contribution in [3.05, 3.63) is 40.5 Å².